The van der Waals surface area contributed by atoms with Crippen LogP contribution < -0.4 is 5.56 Å². The molecule has 0 bridgehead atoms. The Hall–Kier alpha value is -1.46. The largest absolute Gasteiger partial charge is 0.417 e. The van der Waals surface area contributed by atoms with Crippen molar-refractivity contribution in [2.24, 2.45) is 0 Å². The van der Waals surface area contributed by atoms with Gasteiger partial charge in [-0.15, -0.1) is 0 Å². The Morgan fingerprint density at radius 2 is 2.17 bits per heavy atom. The summed E-state index contributed by atoms with van der Waals surface area (Å²) in [6, 6.07) is 0.426. The van der Waals surface area contributed by atoms with Gasteiger partial charge >= 0.3 is 6.18 Å². The van der Waals surface area contributed by atoms with E-state index in [9.17, 15) is 18.0 Å². The van der Waals surface area contributed by atoms with Crippen LogP contribution in [0.2, 0.25) is 0 Å². The first kappa shape index (κ1) is 17.9. The number of thiocyanates is 1. The number of hydrogen-bond acceptors (Lipinski definition) is 4. The highest BCUT2D eigenvalue weighted by atomic mass is 32.2. The molecule has 0 unspecified atom stereocenters. The number of ether oxygens (including phenoxy) is 1. The number of nitrogens with zero attached hydrogens (tertiary/aromatic N) is 2. The molecule has 1 aliphatic rings. The summed E-state index contributed by atoms with van der Waals surface area (Å²) < 4.78 is 45.6. The first-order valence-corrected chi connectivity index (χ1v) is 8.19. The molecule has 0 aromatic carbocycles. The Bertz CT molecular complexity index is 646. The molecule has 2 rings (SSSR count). The molecule has 23 heavy (non-hydrogen) atoms. The Morgan fingerprint density at radius 1 is 1.48 bits per heavy atom. The van der Waals surface area contributed by atoms with Gasteiger partial charge in [0.1, 0.15) is 5.40 Å². The third kappa shape index (κ3) is 4.30. The molecule has 8 heteroatoms. The standard InChI is InChI=1S/C15H17F3N2O2S/c1-2-3-4-22-12-6-11(7-12)20-8-10(15(16,17)18)5-13(14(20)21)23-9-19/h5,8,11-12H,2-4,6-7H2,1H3. The van der Waals surface area contributed by atoms with Gasteiger partial charge in [0.05, 0.1) is 16.6 Å². The zero-order valence-electron chi connectivity index (χ0n) is 12.6. The van der Waals surface area contributed by atoms with Crippen molar-refractivity contribution in [2.45, 2.75) is 55.8 Å². The fourth-order valence-electron chi connectivity index (χ4n) is 2.42. The first-order chi connectivity index (χ1) is 10.9. The number of thioether (sulfide) groups is 1. The molecular weight excluding hydrogens is 329 g/mol. The van der Waals surface area contributed by atoms with Gasteiger partial charge in [-0.2, -0.15) is 18.4 Å². The Morgan fingerprint density at radius 3 is 2.74 bits per heavy atom. The number of nitriles is 1. The second-order valence-corrected chi connectivity index (χ2v) is 6.29. The van der Waals surface area contributed by atoms with E-state index in [1.807, 2.05) is 6.92 Å². The lowest BCUT2D eigenvalue weighted by Crippen LogP contribution is -2.39. The first-order valence-electron chi connectivity index (χ1n) is 7.37. The van der Waals surface area contributed by atoms with Crippen molar-refractivity contribution in [1.82, 2.24) is 4.57 Å². The molecule has 1 heterocycles. The highest BCUT2D eigenvalue weighted by Crippen LogP contribution is 2.36. The maximum atomic E-state index is 13.0. The van der Waals surface area contributed by atoms with Gasteiger partial charge in [-0.3, -0.25) is 4.79 Å². The van der Waals surface area contributed by atoms with Crippen molar-refractivity contribution in [2.75, 3.05) is 6.61 Å². The quantitative estimate of drug-likeness (QED) is 0.444. The van der Waals surface area contributed by atoms with Crippen molar-refractivity contribution >= 4 is 11.8 Å². The van der Waals surface area contributed by atoms with Gasteiger partial charge in [-0.1, -0.05) is 13.3 Å². The summed E-state index contributed by atoms with van der Waals surface area (Å²) in [6.45, 7) is 2.67. The molecule has 0 spiro atoms. The number of aromatic nitrogens is 1. The number of unbranched alkanes of at least 4 members (excludes halogenated alkanes) is 1. The lowest BCUT2D eigenvalue weighted by atomic mass is 9.88. The molecule has 1 aromatic rings. The number of alkyl halides is 3. The second-order valence-electron chi connectivity index (χ2n) is 5.47. The van der Waals surface area contributed by atoms with E-state index < -0.39 is 17.3 Å². The summed E-state index contributed by atoms with van der Waals surface area (Å²) >= 11 is 0.457. The smallest absolute Gasteiger partial charge is 0.378 e. The summed E-state index contributed by atoms with van der Waals surface area (Å²) in [6.07, 6.45) is -0.744. The highest BCUT2D eigenvalue weighted by molar-refractivity contribution is 8.03. The predicted octanol–water partition coefficient (Wildman–Crippen LogP) is 3.96. The minimum Gasteiger partial charge on any atom is -0.378 e. The lowest BCUT2D eigenvalue weighted by molar-refractivity contribution is -0.138. The number of halogens is 3. The topological polar surface area (TPSA) is 55.0 Å². The van der Waals surface area contributed by atoms with E-state index in [0.29, 0.717) is 31.2 Å². The Kier molecular flexibility index (Phi) is 5.76. The Balaban J connectivity index is 2.18. The molecule has 1 aromatic heterocycles. The van der Waals surface area contributed by atoms with E-state index in [1.165, 1.54) is 0 Å². The maximum Gasteiger partial charge on any atom is 0.417 e. The molecule has 1 fully saturated rings. The van der Waals surface area contributed by atoms with E-state index in [0.717, 1.165) is 29.7 Å². The van der Waals surface area contributed by atoms with Crippen molar-refractivity contribution < 1.29 is 17.9 Å². The van der Waals surface area contributed by atoms with Gasteiger partial charge in [0.15, 0.2) is 0 Å². The minimum absolute atomic E-state index is 0.0138. The van der Waals surface area contributed by atoms with Crippen LogP contribution in [0.25, 0.3) is 0 Å². The summed E-state index contributed by atoms with van der Waals surface area (Å²) in [4.78, 5) is 12.0. The van der Waals surface area contributed by atoms with Gasteiger partial charge in [-0.05, 0) is 37.1 Å². The minimum atomic E-state index is -4.55. The third-order valence-corrected chi connectivity index (χ3v) is 4.41. The van der Waals surface area contributed by atoms with E-state index in [-0.39, 0.29) is 17.0 Å². The van der Waals surface area contributed by atoms with Gasteiger partial charge in [0.25, 0.3) is 5.56 Å². The molecule has 0 aliphatic heterocycles. The predicted molar refractivity (Wildman–Crippen MR) is 80.1 cm³/mol. The van der Waals surface area contributed by atoms with Crippen molar-refractivity contribution in [3.05, 3.63) is 28.2 Å². The zero-order valence-corrected chi connectivity index (χ0v) is 13.4. The second kappa shape index (κ2) is 7.41. The van der Waals surface area contributed by atoms with Crippen molar-refractivity contribution in [3.63, 3.8) is 0 Å². The lowest BCUT2D eigenvalue weighted by Gasteiger charge is -2.36. The molecule has 1 saturated carbocycles. The van der Waals surface area contributed by atoms with Crippen LogP contribution in [-0.2, 0) is 10.9 Å². The van der Waals surface area contributed by atoms with Gasteiger partial charge in [0, 0.05) is 18.8 Å². The van der Waals surface area contributed by atoms with Crippen molar-refractivity contribution in [1.29, 1.82) is 5.26 Å². The van der Waals surface area contributed by atoms with E-state index in [2.05, 4.69) is 0 Å². The van der Waals surface area contributed by atoms with Crippen LogP contribution in [0.4, 0.5) is 13.2 Å². The molecule has 4 nitrogen and oxygen atoms in total. The SMILES string of the molecule is CCCCOC1CC(n2cc(C(F)(F)F)cc(SC#N)c2=O)C1. The molecule has 126 valence electrons. The van der Waals surface area contributed by atoms with Crippen LogP contribution >= 0.6 is 11.8 Å². The fourth-order valence-corrected chi connectivity index (χ4v) is 2.90. The molecule has 0 amide bonds. The normalized spacial score (nSPS) is 20.8. The van der Waals surface area contributed by atoms with Crippen LogP contribution in [0, 0.1) is 10.7 Å². The molecule has 0 radical (unpaired) electrons. The van der Waals surface area contributed by atoms with Crippen LogP contribution in [0.5, 0.6) is 0 Å². The average molecular weight is 346 g/mol. The molecule has 0 atom stereocenters. The van der Waals surface area contributed by atoms with E-state index in [4.69, 9.17) is 10.00 Å². The van der Waals surface area contributed by atoms with Crippen LogP contribution in [-0.4, -0.2) is 17.3 Å². The summed E-state index contributed by atoms with van der Waals surface area (Å²) in [5.41, 5.74) is -1.47. The summed E-state index contributed by atoms with van der Waals surface area (Å²) in [5, 5.41) is 10.3. The summed E-state index contributed by atoms with van der Waals surface area (Å²) in [5.74, 6) is 0. The van der Waals surface area contributed by atoms with Gasteiger partial charge < -0.3 is 9.30 Å². The van der Waals surface area contributed by atoms with E-state index in [1.54, 1.807) is 5.40 Å². The van der Waals surface area contributed by atoms with Gasteiger partial charge in [0.2, 0.25) is 0 Å². The van der Waals surface area contributed by atoms with Crippen LogP contribution in [0.15, 0.2) is 22.0 Å². The number of pyridine rings is 1. The molecule has 0 saturated heterocycles. The van der Waals surface area contributed by atoms with E-state index >= 15 is 0 Å². The Labute approximate surface area is 136 Å². The van der Waals surface area contributed by atoms with Crippen LogP contribution in [0.3, 0.4) is 0 Å². The zero-order chi connectivity index (χ0) is 17.0. The fraction of sp³-hybridized carbons (Fsp3) is 0.600. The van der Waals surface area contributed by atoms with Crippen molar-refractivity contribution in [3.8, 4) is 5.40 Å². The summed E-state index contributed by atoms with van der Waals surface area (Å²) in [7, 11) is 0. The maximum absolute atomic E-state index is 13.0. The van der Waals surface area contributed by atoms with Gasteiger partial charge in [-0.25, -0.2) is 0 Å². The number of rotatable bonds is 6. The number of hydrogen-bond donors (Lipinski definition) is 0. The highest BCUT2D eigenvalue weighted by Gasteiger charge is 2.36. The average Bonchev–Trinajstić information content (AvgIpc) is 2.43. The van der Waals surface area contributed by atoms with Crippen LogP contribution in [0.1, 0.15) is 44.2 Å². The molecule has 1 aliphatic carbocycles. The molecule has 0 N–H and O–H groups in total. The third-order valence-electron chi connectivity index (χ3n) is 3.81. The monoisotopic (exact) mass is 346 g/mol. The molecular formula is C15H17F3N2O2S.